The Hall–Kier alpha value is -1.82. The first-order chi connectivity index (χ1) is 9.00. The van der Waals surface area contributed by atoms with Crippen molar-refractivity contribution in [2.24, 2.45) is 0 Å². The molecule has 0 spiro atoms. The summed E-state index contributed by atoms with van der Waals surface area (Å²) >= 11 is 0. The molecule has 1 heterocycles. The van der Waals surface area contributed by atoms with Crippen molar-refractivity contribution in [2.45, 2.75) is 19.6 Å². The van der Waals surface area contributed by atoms with Crippen LogP contribution in [0, 0.1) is 0 Å². The number of hydrogen-bond donors (Lipinski definition) is 1. The van der Waals surface area contributed by atoms with Crippen molar-refractivity contribution in [3.05, 3.63) is 47.8 Å². The summed E-state index contributed by atoms with van der Waals surface area (Å²) in [6.07, 6.45) is -2.54. The van der Waals surface area contributed by atoms with E-state index in [1.165, 1.54) is 4.68 Å². The van der Waals surface area contributed by atoms with E-state index < -0.39 is 11.7 Å². The van der Waals surface area contributed by atoms with Crippen LogP contribution in [0.15, 0.2) is 36.7 Å². The Morgan fingerprint density at radius 3 is 2.74 bits per heavy atom. The standard InChI is InChI=1S/C13H14F3N3/c1-2-17-7-10-4-3-5-12(6-10)19-9-11(8-18-19)13(14,15)16/h3-6,8-9,17H,2,7H2,1H3. The van der Waals surface area contributed by atoms with Crippen LogP contribution in [0.1, 0.15) is 18.1 Å². The summed E-state index contributed by atoms with van der Waals surface area (Å²) in [5, 5.41) is 6.91. The zero-order chi connectivity index (χ0) is 13.9. The number of rotatable bonds is 4. The Morgan fingerprint density at radius 1 is 1.32 bits per heavy atom. The van der Waals surface area contributed by atoms with Crippen LogP contribution in [-0.4, -0.2) is 16.3 Å². The highest BCUT2D eigenvalue weighted by molar-refractivity contribution is 5.35. The number of benzene rings is 1. The van der Waals surface area contributed by atoms with Crippen molar-refractivity contribution in [1.29, 1.82) is 0 Å². The molecule has 6 heteroatoms. The summed E-state index contributed by atoms with van der Waals surface area (Å²) in [5.41, 5.74) is 0.874. The monoisotopic (exact) mass is 269 g/mol. The second-order valence-corrected chi connectivity index (χ2v) is 4.12. The van der Waals surface area contributed by atoms with Gasteiger partial charge in [-0.1, -0.05) is 19.1 Å². The largest absolute Gasteiger partial charge is 0.419 e. The molecule has 0 aliphatic heterocycles. The van der Waals surface area contributed by atoms with Crippen molar-refractivity contribution in [3.63, 3.8) is 0 Å². The molecule has 0 aliphatic carbocycles. The van der Waals surface area contributed by atoms with E-state index >= 15 is 0 Å². The van der Waals surface area contributed by atoms with Gasteiger partial charge in [0.05, 0.1) is 17.4 Å². The fraction of sp³-hybridized carbons (Fsp3) is 0.308. The van der Waals surface area contributed by atoms with Gasteiger partial charge >= 0.3 is 6.18 Å². The second kappa shape index (κ2) is 5.44. The maximum Gasteiger partial charge on any atom is 0.419 e. The van der Waals surface area contributed by atoms with E-state index in [1.807, 2.05) is 19.1 Å². The highest BCUT2D eigenvalue weighted by Crippen LogP contribution is 2.29. The lowest BCUT2D eigenvalue weighted by atomic mass is 10.2. The van der Waals surface area contributed by atoms with Crippen LogP contribution in [0.25, 0.3) is 5.69 Å². The van der Waals surface area contributed by atoms with Crippen LogP contribution in [0.2, 0.25) is 0 Å². The number of halogens is 3. The summed E-state index contributed by atoms with van der Waals surface area (Å²) in [6.45, 7) is 3.51. The molecule has 0 bridgehead atoms. The van der Waals surface area contributed by atoms with E-state index in [4.69, 9.17) is 0 Å². The van der Waals surface area contributed by atoms with E-state index in [0.717, 1.165) is 24.5 Å². The molecule has 0 fully saturated rings. The number of alkyl halides is 3. The minimum Gasteiger partial charge on any atom is -0.313 e. The molecule has 0 radical (unpaired) electrons. The lowest BCUT2D eigenvalue weighted by Crippen LogP contribution is -2.11. The molecule has 0 saturated heterocycles. The van der Waals surface area contributed by atoms with Gasteiger partial charge in [-0.3, -0.25) is 0 Å². The van der Waals surface area contributed by atoms with Crippen LogP contribution < -0.4 is 5.32 Å². The number of nitrogens with one attached hydrogen (secondary N) is 1. The van der Waals surface area contributed by atoms with Crippen molar-refractivity contribution < 1.29 is 13.2 Å². The minimum absolute atomic E-state index is 0.617. The predicted molar refractivity (Wildman–Crippen MR) is 65.9 cm³/mol. The number of aromatic nitrogens is 2. The van der Waals surface area contributed by atoms with Gasteiger partial charge in [0.2, 0.25) is 0 Å². The third-order valence-corrected chi connectivity index (χ3v) is 2.66. The zero-order valence-corrected chi connectivity index (χ0v) is 10.4. The van der Waals surface area contributed by atoms with Crippen LogP contribution in [0.3, 0.4) is 0 Å². The van der Waals surface area contributed by atoms with Crippen molar-refractivity contribution in [2.75, 3.05) is 6.54 Å². The molecule has 0 amide bonds. The zero-order valence-electron chi connectivity index (χ0n) is 10.4. The normalized spacial score (nSPS) is 11.8. The number of nitrogens with zero attached hydrogens (tertiary/aromatic N) is 2. The van der Waals surface area contributed by atoms with Crippen molar-refractivity contribution in [3.8, 4) is 5.69 Å². The van der Waals surface area contributed by atoms with Gasteiger partial charge in [-0.15, -0.1) is 0 Å². The van der Waals surface area contributed by atoms with E-state index in [9.17, 15) is 13.2 Å². The van der Waals surface area contributed by atoms with Gasteiger partial charge < -0.3 is 5.32 Å². The summed E-state index contributed by atoms with van der Waals surface area (Å²) in [4.78, 5) is 0. The van der Waals surface area contributed by atoms with E-state index in [-0.39, 0.29) is 0 Å². The predicted octanol–water partition coefficient (Wildman–Crippen LogP) is 3.00. The van der Waals surface area contributed by atoms with Gasteiger partial charge in [-0.25, -0.2) is 4.68 Å². The fourth-order valence-corrected chi connectivity index (χ4v) is 1.69. The SMILES string of the molecule is CCNCc1cccc(-n2cc(C(F)(F)F)cn2)c1. The van der Waals surface area contributed by atoms with Gasteiger partial charge in [0.25, 0.3) is 0 Å². The first kappa shape index (κ1) is 13.6. The molecule has 0 aliphatic rings. The van der Waals surface area contributed by atoms with Crippen LogP contribution in [0.4, 0.5) is 13.2 Å². The highest BCUT2D eigenvalue weighted by atomic mass is 19.4. The summed E-state index contributed by atoms with van der Waals surface area (Å²) in [6, 6.07) is 7.26. The molecule has 2 aromatic rings. The molecule has 1 aromatic heterocycles. The molecule has 0 unspecified atom stereocenters. The molecular formula is C13H14F3N3. The van der Waals surface area contributed by atoms with E-state index in [2.05, 4.69) is 10.4 Å². The third-order valence-electron chi connectivity index (χ3n) is 2.66. The minimum atomic E-state index is -4.36. The van der Waals surface area contributed by atoms with Crippen LogP contribution in [-0.2, 0) is 12.7 Å². The second-order valence-electron chi connectivity index (χ2n) is 4.12. The molecule has 0 atom stereocenters. The lowest BCUT2D eigenvalue weighted by Gasteiger charge is -2.06. The average molecular weight is 269 g/mol. The van der Waals surface area contributed by atoms with Crippen molar-refractivity contribution >= 4 is 0 Å². The van der Waals surface area contributed by atoms with Gasteiger partial charge in [-0.05, 0) is 24.2 Å². The Morgan fingerprint density at radius 2 is 2.11 bits per heavy atom. The Labute approximate surface area is 109 Å². The van der Waals surface area contributed by atoms with Crippen LogP contribution in [0.5, 0.6) is 0 Å². The molecule has 2 rings (SSSR count). The van der Waals surface area contributed by atoms with E-state index in [0.29, 0.717) is 12.2 Å². The maximum atomic E-state index is 12.5. The molecular weight excluding hydrogens is 255 g/mol. The Balaban J connectivity index is 2.24. The van der Waals surface area contributed by atoms with Crippen molar-refractivity contribution in [1.82, 2.24) is 15.1 Å². The quantitative estimate of drug-likeness (QED) is 0.924. The first-order valence-corrected chi connectivity index (χ1v) is 5.92. The average Bonchev–Trinajstić information content (AvgIpc) is 2.86. The Bertz CT molecular complexity index is 546. The molecule has 0 saturated carbocycles. The van der Waals surface area contributed by atoms with E-state index in [1.54, 1.807) is 12.1 Å². The van der Waals surface area contributed by atoms with Gasteiger partial charge in [0.15, 0.2) is 0 Å². The topological polar surface area (TPSA) is 29.9 Å². The van der Waals surface area contributed by atoms with Crippen LogP contribution >= 0.6 is 0 Å². The summed E-state index contributed by atoms with van der Waals surface area (Å²) < 4.78 is 38.7. The first-order valence-electron chi connectivity index (χ1n) is 5.92. The fourth-order valence-electron chi connectivity index (χ4n) is 1.69. The molecule has 1 aromatic carbocycles. The smallest absolute Gasteiger partial charge is 0.313 e. The number of hydrogen-bond acceptors (Lipinski definition) is 2. The van der Waals surface area contributed by atoms with Gasteiger partial charge in [0, 0.05) is 12.7 Å². The van der Waals surface area contributed by atoms with Gasteiger partial charge in [0.1, 0.15) is 0 Å². The maximum absolute atomic E-state index is 12.5. The molecule has 3 nitrogen and oxygen atoms in total. The molecule has 19 heavy (non-hydrogen) atoms. The highest BCUT2D eigenvalue weighted by Gasteiger charge is 2.32. The summed E-state index contributed by atoms with van der Waals surface area (Å²) in [5.74, 6) is 0. The third kappa shape index (κ3) is 3.35. The van der Waals surface area contributed by atoms with Gasteiger partial charge in [-0.2, -0.15) is 18.3 Å². The summed E-state index contributed by atoms with van der Waals surface area (Å²) in [7, 11) is 0. The molecule has 102 valence electrons. The molecule has 1 N–H and O–H groups in total. The Kier molecular flexibility index (Phi) is 3.90. The lowest BCUT2D eigenvalue weighted by molar-refractivity contribution is -0.137.